The third-order valence-electron chi connectivity index (χ3n) is 6.52. The van der Waals surface area contributed by atoms with Crippen molar-refractivity contribution in [2.45, 2.75) is 84.0 Å². The molecule has 0 spiro atoms. The van der Waals surface area contributed by atoms with Crippen molar-refractivity contribution in [2.24, 2.45) is 11.3 Å². The first kappa shape index (κ1) is 17.8. The minimum Gasteiger partial charge on any atom is -0.366 e. The molecule has 3 aliphatic rings. The Labute approximate surface area is 144 Å². The largest absolute Gasteiger partial charge is 0.366 e. The van der Waals surface area contributed by atoms with E-state index in [1.165, 1.54) is 0 Å². The fraction of sp³-hybridized carbons (Fsp3) is 0.750. The Morgan fingerprint density at radius 1 is 1.33 bits per heavy atom. The predicted octanol–water partition coefficient (Wildman–Crippen LogP) is 4.45. The zero-order valence-electron chi connectivity index (χ0n) is 15.4. The Morgan fingerprint density at radius 2 is 2.04 bits per heavy atom. The van der Waals surface area contributed by atoms with E-state index < -0.39 is 0 Å². The van der Waals surface area contributed by atoms with Crippen LogP contribution in [0.1, 0.15) is 66.2 Å². The number of Topliss-reactive ketones (excluding diaryl/α,β-unsaturated/α-hetero) is 1. The Bertz CT molecular complexity index is 588. The van der Waals surface area contributed by atoms with E-state index in [1.807, 2.05) is 13.8 Å². The van der Waals surface area contributed by atoms with E-state index in [0.29, 0.717) is 12.2 Å². The number of carbonyl (C=O) groups is 1. The van der Waals surface area contributed by atoms with Crippen LogP contribution in [0.5, 0.6) is 0 Å². The van der Waals surface area contributed by atoms with Crippen molar-refractivity contribution in [3.05, 3.63) is 23.3 Å². The maximum atomic E-state index is 12.7. The monoisotopic (exact) mass is 334 g/mol. The molecule has 4 nitrogen and oxygen atoms in total. The standard InChI is InChI=1S/C20H30O4/c1-12(2)18-14-7-6-13(3)16(24-22)8-9-20(5)17(23-20)11-19(14,4)10-15(18)21/h14,16-17,22H,3,6-11H2,1-2,4-5H3. The molecule has 0 amide bonds. The van der Waals surface area contributed by atoms with Crippen LogP contribution < -0.4 is 0 Å². The molecule has 0 aromatic heterocycles. The van der Waals surface area contributed by atoms with Gasteiger partial charge in [0.2, 0.25) is 0 Å². The second-order valence-corrected chi connectivity index (χ2v) is 8.67. The quantitative estimate of drug-likeness (QED) is 0.253. The Balaban J connectivity index is 1.94. The number of carbonyl (C=O) groups excluding carboxylic acids is 1. The van der Waals surface area contributed by atoms with Crippen LogP contribution >= 0.6 is 0 Å². The third kappa shape index (κ3) is 3.00. The highest BCUT2D eigenvalue weighted by molar-refractivity contribution is 5.99. The maximum absolute atomic E-state index is 12.7. The van der Waals surface area contributed by atoms with Crippen molar-refractivity contribution in [1.82, 2.24) is 0 Å². The van der Waals surface area contributed by atoms with Gasteiger partial charge < -0.3 is 4.74 Å². The van der Waals surface area contributed by atoms with Crippen LogP contribution in [0.3, 0.4) is 0 Å². The SMILES string of the molecule is C=C1CCC2C(=C(C)C)C(=O)CC2(C)CC2OC2(C)CCC1OO. The fourth-order valence-electron chi connectivity index (χ4n) is 4.89. The van der Waals surface area contributed by atoms with Crippen molar-refractivity contribution in [2.75, 3.05) is 0 Å². The lowest BCUT2D eigenvalue weighted by molar-refractivity contribution is -0.270. The van der Waals surface area contributed by atoms with E-state index >= 15 is 0 Å². The number of rotatable bonds is 1. The third-order valence-corrected chi connectivity index (χ3v) is 6.52. The van der Waals surface area contributed by atoms with Gasteiger partial charge in [-0.1, -0.05) is 19.1 Å². The summed E-state index contributed by atoms with van der Waals surface area (Å²) in [5, 5.41) is 9.25. The van der Waals surface area contributed by atoms with Crippen LogP contribution in [0.15, 0.2) is 23.3 Å². The lowest BCUT2D eigenvalue weighted by Gasteiger charge is -2.32. The molecule has 3 rings (SSSR count). The minimum atomic E-state index is -0.344. The Kier molecular flexibility index (Phi) is 4.52. The van der Waals surface area contributed by atoms with Crippen molar-refractivity contribution in [3.63, 3.8) is 0 Å². The van der Waals surface area contributed by atoms with E-state index in [9.17, 15) is 10.1 Å². The van der Waals surface area contributed by atoms with Gasteiger partial charge in [-0.15, -0.1) is 0 Å². The van der Waals surface area contributed by atoms with Crippen molar-refractivity contribution in [3.8, 4) is 0 Å². The summed E-state index contributed by atoms with van der Waals surface area (Å²) >= 11 is 0. The number of epoxide rings is 1. The van der Waals surface area contributed by atoms with Gasteiger partial charge in [0.05, 0.1) is 11.7 Å². The van der Waals surface area contributed by atoms with Crippen molar-refractivity contribution in [1.29, 1.82) is 0 Å². The zero-order chi connectivity index (χ0) is 17.7. The van der Waals surface area contributed by atoms with E-state index in [0.717, 1.165) is 48.8 Å². The van der Waals surface area contributed by atoms with Gasteiger partial charge in [0.1, 0.15) is 6.10 Å². The minimum absolute atomic E-state index is 0.0493. The van der Waals surface area contributed by atoms with Crippen molar-refractivity contribution < 1.29 is 19.7 Å². The second-order valence-electron chi connectivity index (χ2n) is 8.67. The summed E-state index contributed by atoms with van der Waals surface area (Å²) in [6, 6.07) is 0. The highest BCUT2D eigenvalue weighted by atomic mass is 17.1. The van der Waals surface area contributed by atoms with Crippen LogP contribution in [0.25, 0.3) is 0 Å². The summed E-state index contributed by atoms with van der Waals surface area (Å²) < 4.78 is 6.02. The molecule has 1 N–H and O–H groups in total. The van der Waals surface area contributed by atoms with Crippen molar-refractivity contribution >= 4 is 5.78 Å². The summed E-state index contributed by atoms with van der Waals surface area (Å²) in [6.07, 6.45) is 4.60. The lowest BCUT2D eigenvalue weighted by atomic mass is 9.71. The molecule has 0 aromatic rings. The second kappa shape index (κ2) is 6.08. The van der Waals surface area contributed by atoms with Crippen LogP contribution in [0.2, 0.25) is 0 Å². The molecule has 5 atom stereocenters. The molecule has 24 heavy (non-hydrogen) atoms. The van der Waals surface area contributed by atoms with E-state index in [-0.39, 0.29) is 29.1 Å². The molecule has 2 aliphatic carbocycles. The molecule has 134 valence electrons. The Hall–Kier alpha value is -0.970. The smallest absolute Gasteiger partial charge is 0.159 e. The highest BCUT2D eigenvalue weighted by Crippen LogP contribution is 2.56. The molecule has 4 heteroatoms. The molecule has 3 fully saturated rings. The normalized spacial score (nSPS) is 43.0. The molecule has 0 bridgehead atoms. The fourth-order valence-corrected chi connectivity index (χ4v) is 4.89. The average Bonchev–Trinajstić information content (AvgIpc) is 3.02. The topological polar surface area (TPSA) is 59.1 Å². The van der Waals surface area contributed by atoms with Gasteiger partial charge in [0, 0.05) is 6.42 Å². The summed E-state index contributed by atoms with van der Waals surface area (Å²) in [4.78, 5) is 17.4. The van der Waals surface area contributed by atoms with Crippen LogP contribution in [0, 0.1) is 11.3 Å². The molecule has 0 aromatic carbocycles. The summed E-state index contributed by atoms with van der Waals surface area (Å²) in [5.74, 6) is 0.528. The van der Waals surface area contributed by atoms with Gasteiger partial charge in [-0.25, -0.2) is 4.89 Å². The zero-order valence-corrected chi connectivity index (χ0v) is 15.4. The van der Waals surface area contributed by atoms with E-state index in [2.05, 4.69) is 25.3 Å². The molecular formula is C20H30O4. The van der Waals surface area contributed by atoms with E-state index in [1.54, 1.807) is 0 Å². The van der Waals surface area contributed by atoms with Crippen LogP contribution in [-0.4, -0.2) is 28.8 Å². The van der Waals surface area contributed by atoms with Crippen LogP contribution in [0.4, 0.5) is 0 Å². The van der Waals surface area contributed by atoms with Crippen LogP contribution in [-0.2, 0) is 14.4 Å². The summed E-state index contributed by atoms with van der Waals surface area (Å²) in [7, 11) is 0. The van der Waals surface area contributed by atoms with E-state index in [4.69, 9.17) is 4.74 Å². The number of fused-ring (bicyclic) bond motifs is 2. The number of hydrogen-bond donors (Lipinski definition) is 1. The predicted molar refractivity (Wildman–Crippen MR) is 92.6 cm³/mol. The molecule has 2 saturated carbocycles. The van der Waals surface area contributed by atoms with Gasteiger partial charge in [-0.05, 0) is 75.4 Å². The number of allylic oxidation sites excluding steroid dienone is 2. The number of ether oxygens (including phenoxy) is 1. The molecule has 1 saturated heterocycles. The van der Waals surface area contributed by atoms with Gasteiger partial charge >= 0.3 is 0 Å². The van der Waals surface area contributed by atoms with Gasteiger partial charge in [0.25, 0.3) is 0 Å². The lowest BCUT2D eigenvalue weighted by Crippen LogP contribution is -2.26. The maximum Gasteiger partial charge on any atom is 0.159 e. The highest BCUT2D eigenvalue weighted by Gasteiger charge is 2.58. The molecule has 0 radical (unpaired) electrons. The molecule has 1 heterocycles. The molecule has 1 aliphatic heterocycles. The van der Waals surface area contributed by atoms with Gasteiger partial charge in [-0.3, -0.25) is 10.1 Å². The number of hydrogen-bond acceptors (Lipinski definition) is 4. The first-order chi connectivity index (χ1) is 11.2. The molecule has 5 unspecified atom stereocenters. The van der Waals surface area contributed by atoms with Gasteiger partial charge in [0.15, 0.2) is 5.78 Å². The molecular weight excluding hydrogens is 304 g/mol. The Morgan fingerprint density at radius 3 is 2.67 bits per heavy atom. The average molecular weight is 334 g/mol. The first-order valence-corrected chi connectivity index (χ1v) is 9.06. The van der Waals surface area contributed by atoms with Gasteiger partial charge in [-0.2, -0.15) is 0 Å². The first-order valence-electron chi connectivity index (χ1n) is 9.06. The summed E-state index contributed by atoms with van der Waals surface area (Å²) in [5.41, 5.74) is 2.84. The summed E-state index contributed by atoms with van der Waals surface area (Å²) in [6.45, 7) is 12.6. The number of ketones is 1.